The van der Waals surface area contributed by atoms with Gasteiger partial charge in [-0.15, -0.1) is 0 Å². The Labute approximate surface area is 69.5 Å². The number of aliphatic carboxylic acids is 1. The van der Waals surface area contributed by atoms with Crippen LogP contribution in [0.1, 0.15) is 7.12 Å². The molecule has 1 rings (SSSR count). The lowest BCUT2D eigenvalue weighted by molar-refractivity contribution is -0.136. The van der Waals surface area contributed by atoms with E-state index in [0.717, 1.165) is 0 Å². The third-order valence-electron chi connectivity index (χ3n) is 0.900. The van der Waals surface area contributed by atoms with Crippen molar-refractivity contribution in [1.29, 1.82) is 0 Å². The van der Waals surface area contributed by atoms with Gasteiger partial charge in [0.1, 0.15) is 0 Å². The van der Waals surface area contributed by atoms with E-state index in [0.29, 0.717) is 5.69 Å². The van der Waals surface area contributed by atoms with E-state index in [2.05, 4.69) is 10.2 Å². The number of rotatable bonds is 2. The van der Waals surface area contributed by atoms with E-state index in [1.807, 2.05) is 0 Å². The molecule has 4 nitrogen and oxygen atoms in total. The van der Waals surface area contributed by atoms with Gasteiger partial charge in [-0.25, -0.2) is 0 Å². The van der Waals surface area contributed by atoms with Gasteiger partial charge in [-0.3, -0.25) is 9.89 Å². The second kappa shape index (κ2) is 4.05. The smallest absolute Gasteiger partial charge is 1.00 e. The van der Waals surface area contributed by atoms with Gasteiger partial charge in [-0.05, 0) is 6.07 Å². The highest BCUT2D eigenvalue weighted by molar-refractivity contribution is 5.69. The van der Waals surface area contributed by atoms with Crippen LogP contribution >= 0.6 is 0 Å². The fourth-order valence-corrected chi connectivity index (χ4v) is 0.546. The van der Waals surface area contributed by atoms with Crippen LogP contribution in [-0.4, -0.2) is 21.3 Å². The summed E-state index contributed by atoms with van der Waals surface area (Å²) in [6.45, 7) is 0. The van der Waals surface area contributed by atoms with Crippen LogP contribution in [-0.2, 0) is 11.2 Å². The molecule has 0 aromatic carbocycles. The number of aromatic amines is 1. The van der Waals surface area contributed by atoms with Crippen LogP contribution in [0.15, 0.2) is 12.3 Å². The van der Waals surface area contributed by atoms with Crippen molar-refractivity contribution >= 4 is 5.97 Å². The van der Waals surface area contributed by atoms with E-state index in [-0.39, 0.29) is 24.8 Å². The quantitative estimate of drug-likeness (QED) is 0.548. The van der Waals surface area contributed by atoms with Gasteiger partial charge in [-0.1, -0.05) is 0 Å². The predicted molar refractivity (Wildman–Crippen MR) is 31.0 cm³/mol. The zero-order valence-corrected chi connectivity index (χ0v) is 6.63. The number of hydrogen-bond donors (Lipinski definition) is 2. The molecule has 0 spiro atoms. The minimum atomic E-state index is -0.848. The van der Waals surface area contributed by atoms with E-state index in [1.165, 1.54) is 6.20 Å². The van der Waals surface area contributed by atoms with Crippen molar-refractivity contribution in [3.63, 3.8) is 0 Å². The Morgan fingerprint density at radius 2 is 2.60 bits per heavy atom. The predicted octanol–water partition coefficient (Wildman–Crippen LogP) is -2.85. The lowest BCUT2D eigenvalue weighted by Gasteiger charge is -1.85. The number of aromatic nitrogens is 2. The number of nitrogens with zero attached hydrogens (tertiary/aromatic N) is 1. The first-order valence-electron chi connectivity index (χ1n) is 2.49. The molecule has 5 heteroatoms. The highest BCUT2D eigenvalue weighted by Crippen LogP contribution is 1.91. The maximum Gasteiger partial charge on any atom is 1.00 e. The van der Waals surface area contributed by atoms with E-state index in [9.17, 15) is 4.79 Å². The molecule has 0 radical (unpaired) electrons. The summed E-state index contributed by atoms with van der Waals surface area (Å²) < 4.78 is 0. The van der Waals surface area contributed by atoms with Crippen LogP contribution in [0.25, 0.3) is 0 Å². The first-order chi connectivity index (χ1) is 4.29. The van der Waals surface area contributed by atoms with Crippen LogP contribution in [0, 0.1) is 0 Å². The Morgan fingerprint density at radius 1 is 1.90 bits per heavy atom. The van der Waals surface area contributed by atoms with Gasteiger partial charge in [0.15, 0.2) is 0 Å². The molecule has 1 aromatic heterocycles. The summed E-state index contributed by atoms with van der Waals surface area (Å²) in [7, 11) is 0. The molecular formula is C5H7BrN2O2. The van der Waals surface area contributed by atoms with Crippen molar-refractivity contribution in [2.45, 2.75) is 6.42 Å². The van der Waals surface area contributed by atoms with E-state index in [4.69, 9.17) is 5.11 Å². The van der Waals surface area contributed by atoms with Gasteiger partial charge in [0.25, 0.3) is 0 Å². The summed E-state index contributed by atoms with van der Waals surface area (Å²) >= 11 is 0. The Hall–Kier alpha value is -0.840. The topological polar surface area (TPSA) is 66.0 Å². The molecule has 1 heterocycles. The van der Waals surface area contributed by atoms with Gasteiger partial charge in [0.2, 0.25) is 0 Å². The molecule has 0 bridgehead atoms. The number of hydrogen-bond acceptors (Lipinski definition) is 2. The van der Waals surface area contributed by atoms with Crippen molar-refractivity contribution < 1.29 is 28.3 Å². The zero-order valence-electron chi connectivity index (χ0n) is 6.04. The molecule has 0 aliphatic heterocycles. The lowest BCUT2D eigenvalue weighted by atomic mass is 10.3. The average Bonchev–Trinajstić information content (AvgIpc) is 2.15. The van der Waals surface area contributed by atoms with Gasteiger partial charge in [0, 0.05) is 11.9 Å². The number of nitrogens with one attached hydrogen (secondary N) is 1. The van der Waals surface area contributed by atoms with Gasteiger partial charge in [0.05, 0.1) is 6.42 Å². The van der Waals surface area contributed by atoms with Crippen molar-refractivity contribution in [1.82, 2.24) is 10.2 Å². The molecule has 0 aliphatic carbocycles. The van der Waals surface area contributed by atoms with Crippen LogP contribution in [0.2, 0.25) is 0 Å². The van der Waals surface area contributed by atoms with Crippen LogP contribution in [0.3, 0.4) is 0 Å². The Bertz CT molecular complexity index is 202. The molecule has 0 unspecified atom stereocenters. The second-order valence-corrected chi connectivity index (χ2v) is 1.65. The number of carboxylic acid groups (broad SMARTS) is 1. The monoisotopic (exact) mass is 206 g/mol. The first-order valence-corrected chi connectivity index (χ1v) is 2.49. The maximum absolute atomic E-state index is 10.0. The molecule has 2 N–H and O–H groups in total. The van der Waals surface area contributed by atoms with E-state index in [1.54, 1.807) is 6.07 Å². The number of halogens is 1. The maximum atomic E-state index is 10.0. The average molecular weight is 207 g/mol. The molecule has 1 aromatic rings. The van der Waals surface area contributed by atoms with E-state index < -0.39 is 5.97 Å². The molecule has 0 saturated carbocycles. The van der Waals surface area contributed by atoms with E-state index >= 15 is 0 Å². The zero-order chi connectivity index (χ0) is 6.69. The molecule has 0 amide bonds. The highest BCUT2D eigenvalue weighted by atomic mass is 79.9. The number of carbonyl (C=O) groups is 1. The van der Waals surface area contributed by atoms with Crippen LogP contribution in [0.5, 0.6) is 0 Å². The van der Waals surface area contributed by atoms with Gasteiger partial charge in [-0.2, -0.15) is 5.10 Å². The molecule has 0 fully saturated rings. The first kappa shape index (κ1) is 9.16. The molecule has 10 heavy (non-hydrogen) atoms. The fourth-order valence-electron chi connectivity index (χ4n) is 0.546. The summed E-state index contributed by atoms with van der Waals surface area (Å²) in [5, 5.41) is 14.4. The Kier molecular flexibility index (Phi) is 3.71. The van der Waals surface area contributed by atoms with Crippen molar-refractivity contribution in [2.75, 3.05) is 0 Å². The highest BCUT2D eigenvalue weighted by Gasteiger charge is 1.98. The Balaban J connectivity index is 0. The van der Waals surface area contributed by atoms with Crippen molar-refractivity contribution in [2.24, 2.45) is 0 Å². The van der Waals surface area contributed by atoms with Crippen LogP contribution in [0.4, 0.5) is 0 Å². The molecule has 0 aliphatic rings. The summed E-state index contributed by atoms with van der Waals surface area (Å²) in [4.78, 5) is 10.0. The normalized spacial score (nSPS) is 8.40. The number of carboxylic acids is 1. The Morgan fingerprint density at radius 3 is 3.00 bits per heavy atom. The lowest BCUT2D eigenvalue weighted by Crippen LogP contribution is -3.00. The minimum absolute atomic E-state index is 0. The summed E-state index contributed by atoms with van der Waals surface area (Å²) in [5.41, 5.74) is 0.627. The third kappa shape index (κ3) is 2.63. The largest absolute Gasteiger partial charge is 1.00 e. The fraction of sp³-hybridized carbons (Fsp3) is 0.200. The molecule has 56 valence electrons. The molecule has 0 atom stereocenters. The third-order valence-corrected chi connectivity index (χ3v) is 0.900. The number of H-pyrrole nitrogens is 1. The van der Waals surface area contributed by atoms with Crippen molar-refractivity contribution in [3.05, 3.63) is 18.0 Å². The summed E-state index contributed by atoms with van der Waals surface area (Å²) in [6, 6.07) is 1.63. The molecular weight excluding hydrogens is 200 g/mol. The van der Waals surface area contributed by atoms with Gasteiger partial charge < -0.3 is 22.1 Å². The molecule has 0 saturated heterocycles. The van der Waals surface area contributed by atoms with Crippen molar-refractivity contribution in [3.8, 4) is 0 Å². The minimum Gasteiger partial charge on any atom is -1.00 e. The SMILES string of the molecule is O=C(O)Cc1ccn[nH]1.[Br-].[H+]. The summed E-state index contributed by atoms with van der Waals surface area (Å²) in [6.07, 6.45) is 1.54. The second-order valence-electron chi connectivity index (χ2n) is 1.65. The summed E-state index contributed by atoms with van der Waals surface area (Å²) in [5.74, 6) is -0.848. The van der Waals surface area contributed by atoms with Gasteiger partial charge >= 0.3 is 7.40 Å². The van der Waals surface area contributed by atoms with Crippen LogP contribution < -0.4 is 17.0 Å². The standard InChI is InChI=1S/C5H6N2O2.BrH/c8-5(9)3-4-1-2-6-7-4;/h1-2H,3H2,(H,6,7)(H,8,9);1H.